The first kappa shape index (κ1) is 31.9. The van der Waals surface area contributed by atoms with Crippen LogP contribution in [0.1, 0.15) is 24.3 Å². The van der Waals surface area contributed by atoms with Gasteiger partial charge in [0, 0.05) is 88.2 Å². The molecule has 12 aromatic rings. The Morgan fingerprint density at radius 1 is 0.421 bits per heavy atom. The molecular weight excluding hydrogens is 753 g/mol. The fraction of sp³-hybridized carbons (Fsp3) is 0.0600. The number of fused-ring (bicyclic) bond motifs is 13. The molecule has 0 N–H and O–H groups in total. The molecule has 268 valence electrons. The molecular formula is C50H30N4S3. The van der Waals surface area contributed by atoms with Gasteiger partial charge in [0.15, 0.2) is 17.5 Å². The van der Waals surface area contributed by atoms with Gasteiger partial charge in [0.2, 0.25) is 0 Å². The summed E-state index contributed by atoms with van der Waals surface area (Å²) in [7, 11) is 0. The van der Waals surface area contributed by atoms with E-state index in [0.29, 0.717) is 17.5 Å². The monoisotopic (exact) mass is 782 g/mol. The van der Waals surface area contributed by atoms with Crippen LogP contribution in [-0.2, 0) is 5.41 Å². The first-order valence-corrected chi connectivity index (χ1v) is 21.6. The summed E-state index contributed by atoms with van der Waals surface area (Å²) in [4.78, 5) is 17.2. The maximum Gasteiger partial charge on any atom is 0.164 e. The van der Waals surface area contributed by atoms with Gasteiger partial charge >= 0.3 is 0 Å². The van der Waals surface area contributed by atoms with Crippen LogP contribution in [0.25, 0.3) is 112 Å². The Morgan fingerprint density at radius 3 is 1.49 bits per heavy atom. The van der Waals surface area contributed by atoms with E-state index in [-0.39, 0.29) is 5.41 Å². The summed E-state index contributed by atoms with van der Waals surface area (Å²) in [5, 5.41) is 8.71. The molecule has 7 heteroatoms. The fourth-order valence-corrected chi connectivity index (χ4v) is 12.7. The first-order valence-electron chi connectivity index (χ1n) is 19.2. The number of para-hydroxylation sites is 1. The molecule has 1 aliphatic heterocycles. The number of nitrogens with zero attached hydrogens (tertiary/aromatic N) is 4. The number of rotatable bonds is 3. The second kappa shape index (κ2) is 11.4. The molecule has 0 fully saturated rings. The average molecular weight is 783 g/mol. The van der Waals surface area contributed by atoms with Gasteiger partial charge in [0.05, 0.1) is 16.7 Å². The van der Waals surface area contributed by atoms with Gasteiger partial charge < -0.3 is 4.57 Å². The molecule has 13 rings (SSSR count). The molecule has 4 nitrogen and oxygen atoms in total. The highest BCUT2D eigenvalue weighted by Crippen LogP contribution is 2.53. The van der Waals surface area contributed by atoms with E-state index in [9.17, 15) is 0 Å². The zero-order chi connectivity index (χ0) is 37.6. The van der Waals surface area contributed by atoms with Gasteiger partial charge in [0.1, 0.15) is 0 Å². The molecule has 0 amide bonds. The fourth-order valence-electron chi connectivity index (χ4n) is 9.24. The van der Waals surface area contributed by atoms with E-state index < -0.39 is 0 Å². The van der Waals surface area contributed by atoms with E-state index in [2.05, 4.69) is 164 Å². The SMILES string of the molecule is CC1(C)c2sc3ccccc3c2-n2c3ccc(-c4nc(-c5ccc6sc7ccccc7c6c5)nc(-c5ccc6sc7ccccc7c6c5)n4)cc3c3cccc1c32. The molecule has 0 bridgehead atoms. The van der Waals surface area contributed by atoms with E-state index >= 15 is 0 Å². The number of hydrogen-bond donors (Lipinski definition) is 0. The Kier molecular flexibility index (Phi) is 6.39. The van der Waals surface area contributed by atoms with E-state index in [0.717, 1.165) is 16.7 Å². The van der Waals surface area contributed by atoms with Crippen molar-refractivity contribution in [3.05, 3.63) is 156 Å². The lowest BCUT2D eigenvalue weighted by atomic mass is 9.79. The van der Waals surface area contributed by atoms with Crippen LogP contribution in [0.2, 0.25) is 0 Å². The predicted molar refractivity (Wildman–Crippen MR) is 244 cm³/mol. The Labute approximate surface area is 339 Å². The number of benzene rings is 7. The van der Waals surface area contributed by atoms with Gasteiger partial charge in [-0.1, -0.05) is 86.6 Å². The third kappa shape index (κ3) is 4.44. The standard InChI is InChI=1S/C50H30N4S3/c1-50(2)37-14-9-13-32-34-24-27(18-21-38(34)54(44(32)37)45-33-12-5-8-17-41(33)57-46(45)50)47-51-48(28-19-22-42-35(25-28)30-10-3-6-15-39(30)55-42)53-49(52-47)29-20-23-43-36(26-29)31-11-4-7-16-40(31)56-43/h3-26H,1-2H3. The van der Waals surface area contributed by atoms with Gasteiger partial charge in [-0.05, 0) is 78.4 Å². The molecule has 5 aromatic heterocycles. The lowest BCUT2D eigenvalue weighted by molar-refractivity contribution is 0.647. The van der Waals surface area contributed by atoms with Crippen molar-refractivity contribution in [2.24, 2.45) is 0 Å². The van der Waals surface area contributed by atoms with Gasteiger partial charge in [-0.2, -0.15) is 0 Å². The summed E-state index contributed by atoms with van der Waals surface area (Å²) in [6, 6.07) is 53.0. The largest absolute Gasteiger partial charge is 0.307 e. The van der Waals surface area contributed by atoms with Crippen LogP contribution >= 0.6 is 34.0 Å². The van der Waals surface area contributed by atoms with Crippen LogP contribution in [0, 0.1) is 0 Å². The maximum absolute atomic E-state index is 5.29. The molecule has 0 radical (unpaired) electrons. The van der Waals surface area contributed by atoms with Crippen molar-refractivity contribution in [3.8, 4) is 39.9 Å². The minimum atomic E-state index is -0.131. The predicted octanol–water partition coefficient (Wildman–Crippen LogP) is 14.6. The number of thiophene rings is 3. The lowest BCUT2D eigenvalue weighted by Crippen LogP contribution is -2.24. The maximum atomic E-state index is 5.29. The normalized spacial score (nSPS) is 13.6. The number of aromatic nitrogens is 4. The van der Waals surface area contributed by atoms with Crippen LogP contribution in [0.3, 0.4) is 0 Å². The van der Waals surface area contributed by atoms with Gasteiger partial charge in [-0.3, -0.25) is 0 Å². The van der Waals surface area contributed by atoms with Gasteiger partial charge in [-0.25, -0.2) is 15.0 Å². The highest BCUT2D eigenvalue weighted by Gasteiger charge is 2.38. The van der Waals surface area contributed by atoms with Crippen molar-refractivity contribution in [1.82, 2.24) is 19.5 Å². The highest BCUT2D eigenvalue weighted by molar-refractivity contribution is 7.26. The van der Waals surface area contributed by atoms with Gasteiger partial charge in [0.25, 0.3) is 0 Å². The Hall–Kier alpha value is -6.25. The topological polar surface area (TPSA) is 43.6 Å². The summed E-state index contributed by atoms with van der Waals surface area (Å²) in [6.45, 7) is 4.76. The minimum Gasteiger partial charge on any atom is -0.307 e. The molecule has 57 heavy (non-hydrogen) atoms. The quantitative estimate of drug-likeness (QED) is 0.179. The van der Waals surface area contributed by atoms with Crippen molar-refractivity contribution < 1.29 is 0 Å². The molecule has 7 aromatic carbocycles. The molecule has 1 aliphatic rings. The highest BCUT2D eigenvalue weighted by atomic mass is 32.1. The van der Waals surface area contributed by atoms with Crippen LogP contribution in [0.5, 0.6) is 0 Å². The zero-order valence-corrected chi connectivity index (χ0v) is 33.3. The third-order valence-electron chi connectivity index (χ3n) is 12.0. The van der Waals surface area contributed by atoms with Crippen molar-refractivity contribution >= 4 is 106 Å². The van der Waals surface area contributed by atoms with Crippen LogP contribution in [-0.4, -0.2) is 19.5 Å². The van der Waals surface area contributed by atoms with E-state index in [4.69, 9.17) is 15.0 Å². The average Bonchev–Trinajstić information content (AvgIpc) is 4.01. The second-order valence-electron chi connectivity index (χ2n) is 15.6. The van der Waals surface area contributed by atoms with Gasteiger partial charge in [-0.15, -0.1) is 34.0 Å². The summed E-state index contributed by atoms with van der Waals surface area (Å²) in [5.41, 5.74) is 7.94. The van der Waals surface area contributed by atoms with E-state index in [1.54, 1.807) is 0 Å². The van der Waals surface area contributed by atoms with Crippen molar-refractivity contribution in [2.75, 3.05) is 0 Å². The molecule has 0 aliphatic carbocycles. The van der Waals surface area contributed by atoms with Crippen molar-refractivity contribution in [3.63, 3.8) is 0 Å². The number of hydrogen-bond acceptors (Lipinski definition) is 6. The summed E-state index contributed by atoms with van der Waals surface area (Å²) >= 11 is 5.57. The Balaban J connectivity index is 1.06. The van der Waals surface area contributed by atoms with E-state index in [1.165, 1.54) is 88.4 Å². The first-order chi connectivity index (χ1) is 28.0. The summed E-state index contributed by atoms with van der Waals surface area (Å²) in [6.07, 6.45) is 0. The Morgan fingerprint density at radius 2 is 0.895 bits per heavy atom. The molecule has 0 unspecified atom stereocenters. The molecule has 0 spiro atoms. The Bertz CT molecular complexity index is 3560. The lowest BCUT2D eigenvalue weighted by Gasteiger charge is -2.32. The van der Waals surface area contributed by atoms with Crippen molar-refractivity contribution in [1.29, 1.82) is 0 Å². The second-order valence-corrected chi connectivity index (χ2v) is 18.8. The molecule has 0 saturated carbocycles. The van der Waals surface area contributed by atoms with Crippen molar-refractivity contribution in [2.45, 2.75) is 19.3 Å². The van der Waals surface area contributed by atoms with Crippen LogP contribution in [0.15, 0.2) is 146 Å². The zero-order valence-electron chi connectivity index (χ0n) is 30.9. The smallest absolute Gasteiger partial charge is 0.164 e. The van der Waals surface area contributed by atoms with E-state index in [1.807, 2.05) is 34.0 Å². The third-order valence-corrected chi connectivity index (χ3v) is 15.8. The summed E-state index contributed by atoms with van der Waals surface area (Å²) in [5.74, 6) is 2.00. The van der Waals surface area contributed by atoms with Crippen LogP contribution in [0.4, 0.5) is 0 Å². The molecule has 0 atom stereocenters. The van der Waals surface area contributed by atoms with Crippen LogP contribution < -0.4 is 0 Å². The molecule has 0 saturated heterocycles. The minimum absolute atomic E-state index is 0.131. The molecule has 6 heterocycles. The summed E-state index contributed by atoms with van der Waals surface area (Å²) < 4.78 is 8.92.